The van der Waals surface area contributed by atoms with E-state index in [4.69, 9.17) is 4.74 Å². The van der Waals surface area contributed by atoms with Crippen LogP contribution in [0.25, 0.3) is 0 Å². The highest BCUT2D eigenvalue weighted by Gasteiger charge is 2.29. The van der Waals surface area contributed by atoms with Gasteiger partial charge < -0.3 is 15.0 Å². The average molecular weight is 532 g/mol. The maximum atomic E-state index is 13.5. The van der Waals surface area contributed by atoms with Gasteiger partial charge in [0.15, 0.2) is 0 Å². The zero-order valence-corrected chi connectivity index (χ0v) is 23.7. The van der Waals surface area contributed by atoms with Crippen LogP contribution in [0.2, 0.25) is 0 Å². The van der Waals surface area contributed by atoms with Crippen LogP contribution in [0, 0.1) is 6.92 Å². The van der Waals surface area contributed by atoms with Crippen LogP contribution in [0.5, 0.6) is 5.75 Å². The smallest absolute Gasteiger partial charge is 0.243 e. The van der Waals surface area contributed by atoms with Crippen molar-refractivity contribution >= 4 is 27.5 Å². The molecular formula is C28H41N3O5S. The Hall–Kier alpha value is -3.07. The number of sulfonamides is 1. The van der Waals surface area contributed by atoms with Crippen molar-refractivity contribution in [2.45, 2.75) is 72.0 Å². The third kappa shape index (κ3) is 9.07. The largest absolute Gasteiger partial charge is 0.497 e. The highest BCUT2D eigenvalue weighted by molar-refractivity contribution is 7.92. The van der Waals surface area contributed by atoms with Gasteiger partial charge in [0.05, 0.1) is 19.1 Å². The number of amides is 2. The maximum absolute atomic E-state index is 13.5. The molecule has 2 rings (SSSR count). The SMILES string of the molecule is CC[C@@H](C)NC(=O)[C@@H](CC)N(Cc1cccc(OC)c1)C(=O)CCCN(c1ccc(C)cc1)S(C)(=O)=O. The molecular weight excluding hydrogens is 490 g/mol. The second-order valence-electron chi connectivity index (χ2n) is 9.39. The minimum atomic E-state index is -3.53. The fourth-order valence-electron chi connectivity index (χ4n) is 4.04. The molecule has 0 aliphatic carbocycles. The molecule has 0 unspecified atom stereocenters. The Morgan fingerprint density at radius 2 is 1.73 bits per heavy atom. The molecule has 0 saturated heterocycles. The second-order valence-corrected chi connectivity index (χ2v) is 11.3. The van der Waals surface area contributed by atoms with Crippen molar-refractivity contribution in [3.63, 3.8) is 0 Å². The number of ether oxygens (including phenoxy) is 1. The van der Waals surface area contributed by atoms with Gasteiger partial charge in [-0.25, -0.2) is 8.42 Å². The number of nitrogens with one attached hydrogen (secondary N) is 1. The third-order valence-electron chi connectivity index (χ3n) is 6.35. The fraction of sp³-hybridized carbons (Fsp3) is 0.500. The van der Waals surface area contributed by atoms with Crippen molar-refractivity contribution in [2.24, 2.45) is 0 Å². The molecule has 1 N–H and O–H groups in total. The van der Waals surface area contributed by atoms with Gasteiger partial charge in [-0.15, -0.1) is 0 Å². The van der Waals surface area contributed by atoms with Gasteiger partial charge in [0.25, 0.3) is 0 Å². The minimum Gasteiger partial charge on any atom is -0.497 e. The lowest BCUT2D eigenvalue weighted by atomic mass is 10.1. The highest BCUT2D eigenvalue weighted by Crippen LogP contribution is 2.21. The summed E-state index contributed by atoms with van der Waals surface area (Å²) in [5.74, 6) is 0.278. The van der Waals surface area contributed by atoms with Crippen molar-refractivity contribution < 1.29 is 22.7 Å². The van der Waals surface area contributed by atoms with Gasteiger partial charge in [-0.05, 0) is 62.9 Å². The standard InChI is InChI=1S/C28H41N3O5S/c1-7-22(4)29-28(33)26(8-2)30(20-23-11-9-12-25(19-23)36-5)27(32)13-10-18-31(37(6,34)35)24-16-14-21(3)15-17-24/h9,11-12,14-17,19,22,26H,7-8,10,13,18,20H2,1-6H3,(H,29,33)/t22-,26-/m1/s1. The van der Waals surface area contributed by atoms with Crippen LogP contribution in [0.4, 0.5) is 5.69 Å². The van der Waals surface area contributed by atoms with Crippen molar-refractivity contribution in [2.75, 3.05) is 24.2 Å². The van der Waals surface area contributed by atoms with Crippen molar-refractivity contribution in [3.8, 4) is 5.75 Å². The number of benzene rings is 2. The van der Waals surface area contributed by atoms with E-state index in [0.717, 1.165) is 23.8 Å². The van der Waals surface area contributed by atoms with Crippen molar-refractivity contribution in [1.82, 2.24) is 10.2 Å². The minimum absolute atomic E-state index is 0.00634. The van der Waals surface area contributed by atoms with E-state index in [2.05, 4.69) is 5.32 Å². The Morgan fingerprint density at radius 3 is 2.30 bits per heavy atom. The fourth-order valence-corrected chi connectivity index (χ4v) is 5.01. The molecule has 9 heteroatoms. The molecule has 0 aliphatic rings. The molecule has 0 heterocycles. The lowest BCUT2D eigenvalue weighted by molar-refractivity contribution is -0.141. The van der Waals surface area contributed by atoms with Crippen LogP contribution in [-0.4, -0.2) is 57.1 Å². The molecule has 37 heavy (non-hydrogen) atoms. The number of hydrogen-bond acceptors (Lipinski definition) is 5. The Bertz CT molecular complexity index is 1130. The number of aryl methyl sites for hydroxylation is 1. The van der Waals surface area contributed by atoms with E-state index in [1.807, 2.05) is 64.1 Å². The predicted octanol–water partition coefficient (Wildman–Crippen LogP) is 4.27. The first-order chi connectivity index (χ1) is 17.5. The van der Waals surface area contributed by atoms with Gasteiger partial charge in [-0.1, -0.05) is 43.7 Å². The molecule has 0 fully saturated rings. The van der Waals surface area contributed by atoms with Crippen molar-refractivity contribution in [1.29, 1.82) is 0 Å². The third-order valence-corrected chi connectivity index (χ3v) is 7.54. The lowest BCUT2D eigenvalue weighted by Gasteiger charge is -2.32. The van der Waals surface area contributed by atoms with E-state index in [-0.39, 0.29) is 37.4 Å². The molecule has 0 saturated carbocycles. The molecule has 0 aromatic heterocycles. The molecule has 2 aromatic carbocycles. The first kappa shape index (κ1) is 30.2. The predicted molar refractivity (Wildman–Crippen MR) is 148 cm³/mol. The summed E-state index contributed by atoms with van der Waals surface area (Å²) in [7, 11) is -1.94. The summed E-state index contributed by atoms with van der Waals surface area (Å²) in [6.07, 6.45) is 2.83. The number of carbonyl (C=O) groups is 2. The maximum Gasteiger partial charge on any atom is 0.243 e. The number of anilines is 1. The summed E-state index contributed by atoms with van der Waals surface area (Å²) in [5, 5.41) is 3.00. The van der Waals surface area contributed by atoms with Crippen LogP contribution in [0.3, 0.4) is 0 Å². The number of nitrogens with zero attached hydrogens (tertiary/aromatic N) is 2. The normalized spacial score (nSPS) is 12.9. The average Bonchev–Trinajstić information content (AvgIpc) is 2.86. The van der Waals surface area contributed by atoms with E-state index < -0.39 is 16.1 Å². The van der Waals surface area contributed by atoms with Crippen LogP contribution in [0.1, 0.15) is 57.6 Å². The molecule has 0 spiro atoms. The number of rotatable bonds is 14. The van der Waals surface area contributed by atoms with Crippen LogP contribution < -0.4 is 14.4 Å². The first-order valence-corrected chi connectivity index (χ1v) is 14.6. The number of carbonyl (C=O) groups excluding carboxylic acids is 2. The van der Waals surface area contributed by atoms with Gasteiger partial charge in [0.2, 0.25) is 21.8 Å². The first-order valence-electron chi connectivity index (χ1n) is 12.8. The van der Waals surface area contributed by atoms with E-state index in [1.54, 1.807) is 24.1 Å². The van der Waals surface area contributed by atoms with Gasteiger partial charge in [0, 0.05) is 25.6 Å². The molecule has 0 aliphatic heterocycles. The Morgan fingerprint density at radius 1 is 1.05 bits per heavy atom. The number of methoxy groups -OCH3 is 1. The summed E-state index contributed by atoms with van der Waals surface area (Å²) in [4.78, 5) is 28.2. The summed E-state index contributed by atoms with van der Waals surface area (Å²) < 4.78 is 31.6. The van der Waals surface area contributed by atoms with Crippen molar-refractivity contribution in [3.05, 3.63) is 59.7 Å². The Balaban J connectivity index is 2.24. The molecule has 204 valence electrons. The van der Waals surface area contributed by atoms with Crippen LogP contribution in [0.15, 0.2) is 48.5 Å². The Labute approximate surface area is 222 Å². The summed E-state index contributed by atoms with van der Waals surface area (Å²) >= 11 is 0. The van der Waals surface area contributed by atoms with Crippen LogP contribution in [-0.2, 0) is 26.2 Å². The van der Waals surface area contributed by atoms with Gasteiger partial charge >= 0.3 is 0 Å². The molecule has 2 aromatic rings. The number of hydrogen-bond donors (Lipinski definition) is 1. The lowest BCUT2D eigenvalue weighted by Crippen LogP contribution is -2.50. The van der Waals surface area contributed by atoms with E-state index in [1.165, 1.54) is 4.31 Å². The summed E-state index contributed by atoms with van der Waals surface area (Å²) in [5.41, 5.74) is 2.44. The highest BCUT2D eigenvalue weighted by atomic mass is 32.2. The zero-order valence-electron chi connectivity index (χ0n) is 22.9. The molecule has 2 amide bonds. The monoisotopic (exact) mass is 531 g/mol. The Kier molecular flexibility index (Phi) is 11.4. The topological polar surface area (TPSA) is 96.0 Å². The van der Waals surface area contributed by atoms with Crippen LogP contribution >= 0.6 is 0 Å². The second kappa shape index (κ2) is 14.0. The molecule has 2 atom stereocenters. The summed E-state index contributed by atoms with van der Waals surface area (Å²) in [6, 6.07) is 14.0. The summed E-state index contributed by atoms with van der Waals surface area (Å²) in [6.45, 7) is 8.16. The van der Waals surface area contributed by atoms with Gasteiger partial charge in [-0.2, -0.15) is 0 Å². The molecule has 0 radical (unpaired) electrons. The molecule has 8 nitrogen and oxygen atoms in total. The molecule has 0 bridgehead atoms. The van der Waals surface area contributed by atoms with E-state index >= 15 is 0 Å². The van der Waals surface area contributed by atoms with Gasteiger partial charge in [0.1, 0.15) is 11.8 Å². The quantitative estimate of drug-likeness (QED) is 0.393. The van der Waals surface area contributed by atoms with Gasteiger partial charge in [-0.3, -0.25) is 13.9 Å². The van der Waals surface area contributed by atoms with E-state index in [0.29, 0.717) is 24.3 Å². The zero-order chi connectivity index (χ0) is 27.6. The van der Waals surface area contributed by atoms with E-state index in [9.17, 15) is 18.0 Å².